The van der Waals surface area contributed by atoms with E-state index in [0.29, 0.717) is 4.99 Å². The fourth-order valence-corrected chi connectivity index (χ4v) is 3.59. The van der Waals surface area contributed by atoms with Crippen LogP contribution in [0, 0.1) is 5.41 Å². The molecule has 0 spiro atoms. The van der Waals surface area contributed by atoms with Gasteiger partial charge in [0.15, 0.2) is 0 Å². The van der Waals surface area contributed by atoms with E-state index in [1.165, 1.54) is 19.3 Å². The lowest BCUT2D eigenvalue weighted by molar-refractivity contribution is -0.139. The molecular weight excluding hydrogens is 244 g/mol. The van der Waals surface area contributed by atoms with Crippen LogP contribution in [0.2, 0.25) is 0 Å². The van der Waals surface area contributed by atoms with Crippen molar-refractivity contribution in [2.24, 2.45) is 11.1 Å². The van der Waals surface area contributed by atoms with Gasteiger partial charge in [-0.1, -0.05) is 37.9 Å². The van der Waals surface area contributed by atoms with Gasteiger partial charge in [-0.2, -0.15) is 0 Å². The maximum Gasteiger partial charge on any atom is 0.235 e. The molecule has 2 N–H and O–H groups in total. The zero-order valence-electron chi connectivity index (χ0n) is 11.1. The highest BCUT2D eigenvalue weighted by atomic mass is 32.1. The van der Waals surface area contributed by atoms with Gasteiger partial charge in [-0.15, -0.1) is 0 Å². The third kappa shape index (κ3) is 2.68. The Morgan fingerprint density at radius 2 is 1.44 bits per heavy atom. The molecule has 0 atom stereocenters. The highest BCUT2D eigenvalue weighted by molar-refractivity contribution is 7.80. The van der Waals surface area contributed by atoms with Crippen LogP contribution in [0.3, 0.4) is 0 Å². The Kier molecular flexibility index (Phi) is 4.60. The maximum atomic E-state index is 12.8. The number of carbonyl (C=O) groups excluding carboxylic acids is 1. The molecule has 3 nitrogen and oxygen atoms in total. The molecule has 1 aliphatic heterocycles. The molecule has 102 valence electrons. The number of likely N-dealkylation sites (tertiary alicyclic amines) is 1. The quantitative estimate of drug-likeness (QED) is 0.618. The summed E-state index contributed by atoms with van der Waals surface area (Å²) in [6.07, 6.45) is 9.78. The van der Waals surface area contributed by atoms with E-state index in [1.54, 1.807) is 0 Å². The second kappa shape index (κ2) is 6.00. The van der Waals surface area contributed by atoms with Crippen molar-refractivity contribution in [3.05, 3.63) is 0 Å². The summed E-state index contributed by atoms with van der Waals surface area (Å²) in [5.41, 5.74) is 5.44. The van der Waals surface area contributed by atoms with Gasteiger partial charge in [0.05, 0.1) is 10.4 Å². The summed E-state index contributed by atoms with van der Waals surface area (Å²) >= 11 is 5.26. The fraction of sp³-hybridized carbons (Fsp3) is 0.857. The Balaban J connectivity index is 2.16. The number of hydrogen-bond acceptors (Lipinski definition) is 2. The number of nitrogens with zero attached hydrogens (tertiary/aromatic N) is 1. The third-order valence-corrected chi connectivity index (χ3v) is 4.87. The summed E-state index contributed by atoms with van der Waals surface area (Å²) in [6.45, 7) is 1.78. The van der Waals surface area contributed by atoms with E-state index < -0.39 is 5.41 Å². The van der Waals surface area contributed by atoms with Crippen molar-refractivity contribution < 1.29 is 4.79 Å². The molecule has 1 heterocycles. The number of amides is 1. The van der Waals surface area contributed by atoms with Crippen molar-refractivity contribution in [1.29, 1.82) is 0 Å². The minimum absolute atomic E-state index is 0.219. The third-order valence-electron chi connectivity index (χ3n) is 4.48. The van der Waals surface area contributed by atoms with Gasteiger partial charge in [-0.25, -0.2) is 0 Å². The van der Waals surface area contributed by atoms with Gasteiger partial charge in [0.1, 0.15) is 0 Å². The van der Waals surface area contributed by atoms with Gasteiger partial charge in [-0.3, -0.25) is 4.79 Å². The number of nitrogens with two attached hydrogens (primary N) is 1. The minimum atomic E-state index is -0.525. The molecule has 0 aromatic heterocycles. The van der Waals surface area contributed by atoms with E-state index in [9.17, 15) is 4.79 Å². The first-order valence-corrected chi connectivity index (χ1v) is 7.67. The molecule has 1 amide bonds. The summed E-state index contributed by atoms with van der Waals surface area (Å²) in [6, 6.07) is 0. The van der Waals surface area contributed by atoms with E-state index >= 15 is 0 Å². The van der Waals surface area contributed by atoms with Crippen molar-refractivity contribution in [1.82, 2.24) is 4.90 Å². The molecule has 4 heteroatoms. The summed E-state index contributed by atoms with van der Waals surface area (Å²) in [7, 11) is 0. The predicted octanol–water partition coefficient (Wildman–Crippen LogP) is 2.63. The maximum absolute atomic E-state index is 12.8. The SMILES string of the molecule is NC(=S)C1(C(=O)N2CCCCC2)CCCCCC1. The average molecular weight is 268 g/mol. The van der Waals surface area contributed by atoms with Crippen LogP contribution < -0.4 is 5.73 Å². The van der Waals surface area contributed by atoms with Crippen molar-refractivity contribution in [2.75, 3.05) is 13.1 Å². The van der Waals surface area contributed by atoms with Crippen LogP contribution in [0.1, 0.15) is 57.8 Å². The Hall–Kier alpha value is -0.640. The molecule has 0 radical (unpaired) electrons. The second-order valence-electron chi connectivity index (χ2n) is 5.71. The molecule has 1 saturated heterocycles. The number of thiocarbonyl (C=S) groups is 1. The van der Waals surface area contributed by atoms with E-state index in [2.05, 4.69) is 0 Å². The van der Waals surface area contributed by atoms with Gasteiger partial charge < -0.3 is 10.6 Å². The molecule has 2 aliphatic rings. The normalized spacial score (nSPS) is 24.3. The lowest BCUT2D eigenvalue weighted by atomic mass is 9.78. The van der Waals surface area contributed by atoms with Gasteiger partial charge >= 0.3 is 0 Å². The number of carbonyl (C=O) groups is 1. The van der Waals surface area contributed by atoms with Crippen LogP contribution in [0.15, 0.2) is 0 Å². The average Bonchev–Trinajstić information content (AvgIpc) is 2.65. The largest absolute Gasteiger partial charge is 0.392 e. The summed E-state index contributed by atoms with van der Waals surface area (Å²) in [4.78, 5) is 15.3. The lowest BCUT2D eigenvalue weighted by Gasteiger charge is -2.37. The zero-order chi connectivity index (χ0) is 13.0. The molecule has 18 heavy (non-hydrogen) atoms. The van der Waals surface area contributed by atoms with Crippen LogP contribution in [-0.4, -0.2) is 28.9 Å². The Labute approximate surface area is 115 Å². The molecule has 2 rings (SSSR count). The summed E-state index contributed by atoms with van der Waals surface area (Å²) in [5.74, 6) is 0.219. The molecule has 0 aromatic carbocycles. The predicted molar refractivity (Wildman–Crippen MR) is 77.4 cm³/mol. The standard InChI is InChI=1S/C14H24N2OS/c15-12(18)14(8-4-1-2-5-9-14)13(17)16-10-6-3-7-11-16/h1-11H2,(H2,15,18). The number of rotatable bonds is 2. The Bertz CT molecular complexity index is 316. The van der Waals surface area contributed by atoms with Crippen LogP contribution in [-0.2, 0) is 4.79 Å². The molecule has 0 aromatic rings. The smallest absolute Gasteiger partial charge is 0.235 e. The first-order valence-electron chi connectivity index (χ1n) is 7.26. The van der Waals surface area contributed by atoms with Crippen LogP contribution in [0.5, 0.6) is 0 Å². The minimum Gasteiger partial charge on any atom is -0.392 e. The number of hydrogen-bond donors (Lipinski definition) is 1. The zero-order valence-corrected chi connectivity index (χ0v) is 11.9. The molecule has 0 unspecified atom stereocenters. The molecule has 1 aliphatic carbocycles. The first-order chi connectivity index (χ1) is 8.67. The van der Waals surface area contributed by atoms with E-state index in [4.69, 9.17) is 18.0 Å². The molecule has 0 bridgehead atoms. The summed E-state index contributed by atoms with van der Waals surface area (Å²) in [5, 5.41) is 0. The van der Waals surface area contributed by atoms with Crippen molar-refractivity contribution in [3.63, 3.8) is 0 Å². The highest BCUT2D eigenvalue weighted by Gasteiger charge is 2.43. The fourth-order valence-electron chi connectivity index (χ4n) is 3.30. The van der Waals surface area contributed by atoms with Crippen LogP contribution in [0.4, 0.5) is 0 Å². The van der Waals surface area contributed by atoms with E-state index in [-0.39, 0.29) is 5.91 Å². The Morgan fingerprint density at radius 3 is 1.94 bits per heavy atom. The van der Waals surface area contributed by atoms with Crippen LogP contribution >= 0.6 is 12.2 Å². The summed E-state index contributed by atoms with van der Waals surface area (Å²) < 4.78 is 0. The van der Waals surface area contributed by atoms with Gasteiger partial charge in [0.2, 0.25) is 5.91 Å². The van der Waals surface area contributed by atoms with Crippen LogP contribution in [0.25, 0.3) is 0 Å². The topological polar surface area (TPSA) is 46.3 Å². The first kappa shape index (κ1) is 13.8. The van der Waals surface area contributed by atoms with Gasteiger partial charge in [0.25, 0.3) is 0 Å². The lowest BCUT2D eigenvalue weighted by Crippen LogP contribution is -2.51. The second-order valence-corrected chi connectivity index (χ2v) is 6.15. The van der Waals surface area contributed by atoms with Gasteiger partial charge in [-0.05, 0) is 32.1 Å². The molecule has 2 fully saturated rings. The Morgan fingerprint density at radius 1 is 0.944 bits per heavy atom. The van der Waals surface area contributed by atoms with Crippen molar-refractivity contribution in [3.8, 4) is 0 Å². The van der Waals surface area contributed by atoms with Crippen molar-refractivity contribution in [2.45, 2.75) is 57.8 Å². The highest BCUT2D eigenvalue weighted by Crippen LogP contribution is 2.37. The van der Waals surface area contributed by atoms with E-state index in [1.807, 2.05) is 4.90 Å². The monoisotopic (exact) mass is 268 g/mol. The number of piperidine rings is 1. The van der Waals surface area contributed by atoms with Crippen molar-refractivity contribution >= 4 is 23.1 Å². The van der Waals surface area contributed by atoms with E-state index in [0.717, 1.165) is 51.6 Å². The molecule has 1 saturated carbocycles. The van der Waals surface area contributed by atoms with Gasteiger partial charge in [0, 0.05) is 13.1 Å². The molecular formula is C14H24N2OS.